The van der Waals surface area contributed by atoms with Crippen LogP contribution in [0.2, 0.25) is 0 Å². The fourth-order valence-electron chi connectivity index (χ4n) is 1.60. The van der Waals surface area contributed by atoms with Crippen LogP contribution in [0.4, 0.5) is 0 Å². The molecule has 0 saturated heterocycles. The molecule has 0 aromatic heterocycles. The van der Waals surface area contributed by atoms with Crippen molar-refractivity contribution in [1.29, 1.82) is 0 Å². The third-order valence-electron chi connectivity index (χ3n) is 2.55. The van der Waals surface area contributed by atoms with E-state index in [9.17, 15) is 4.79 Å². The van der Waals surface area contributed by atoms with Gasteiger partial charge in [0.05, 0.1) is 13.0 Å². The molecule has 1 N–H and O–H groups in total. The Bertz CT molecular complexity index is 526. The van der Waals surface area contributed by atoms with E-state index in [2.05, 4.69) is 21.4 Å². The normalized spacial score (nSPS) is 10.2. The Kier molecular flexibility index (Phi) is 5.12. The van der Waals surface area contributed by atoms with Crippen molar-refractivity contribution in [2.75, 3.05) is 0 Å². The average molecular weight is 320 g/mol. The molecule has 1 amide bonds. The van der Waals surface area contributed by atoms with Crippen LogP contribution in [-0.4, -0.2) is 5.91 Å². The SMILES string of the molecule is O=C(Cc1ccc(Br)cc1)NOCc1ccccc1. The van der Waals surface area contributed by atoms with Gasteiger partial charge < -0.3 is 0 Å². The average Bonchev–Trinajstić information content (AvgIpc) is 2.43. The fraction of sp³-hybridized carbons (Fsp3) is 0.133. The summed E-state index contributed by atoms with van der Waals surface area (Å²) in [4.78, 5) is 16.8. The zero-order chi connectivity index (χ0) is 13.5. The Hall–Kier alpha value is -1.65. The molecular weight excluding hydrogens is 306 g/mol. The summed E-state index contributed by atoms with van der Waals surface area (Å²) in [5.41, 5.74) is 4.41. The molecule has 3 nitrogen and oxygen atoms in total. The van der Waals surface area contributed by atoms with Crippen molar-refractivity contribution in [2.45, 2.75) is 13.0 Å². The number of halogens is 1. The molecule has 0 unspecified atom stereocenters. The lowest BCUT2D eigenvalue weighted by molar-refractivity contribution is -0.133. The van der Waals surface area contributed by atoms with Crippen LogP contribution in [0.15, 0.2) is 59.1 Å². The molecule has 98 valence electrons. The summed E-state index contributed by atoms with van der Waals surface area (Å²) in [6.07, 6.45) is 0.308. The minimum Gasteiger partial charge on any atom is -0.272 e. The zero-order valence-electron chi connectivity index (χ0n) is 10.3. The molecule has 0 radical (unpaired) electrons. The highest BCUT2D eigenvalue weighted by molar-refractivity contribution is 9.10. The molecule has 0 atom stereocenters. The van der Waals surface area contributed by atoms with Crippen LogP contribution in [0.1, 0.15) is 11.1 Å². The van der Waals surface area contributed by atoms with Crippen molar-refractivity contribution in [3.63, 3.8) is 0 Å². The Morgan fingerprint density at radius 1 is 1.00 bits per heavy atom. The molecule has 2 aromatic carbocycles. The monoisotopic (exact) mass is 319 g/mol. The number of amides is 1. The van der Waals surface area contributed by atoms with Crippen molar-refractivity contribution in [1.82, 2.24) is 5.48 Å². The molecule has 0 fully saturated rings. The predicted molar refractivity (Wildman–Crippen MR) is 77.2 cm³/mol. The molecule has 4 heteroatoms. The number of rotatable bonds is 5. The first-order valence-corrected chi connectivity index (χ1v) is 6.72. The lowest BCUT2D eigenvalue weighted by Crippen LogP contribution is -2.25. The van der Waals surface area contributed by atoms with E-state index in [1.165, 1.54) is 0 Å². The van der Waals surface area contributed by atoms with Gasteiger partial charge in [0.15, 0.2) is 0 Å². The predicted octanol–water partition coefficient (Wildman–Crippen LogP) is 3.24. The maximum atomic E-state index is 11.6. The molecule has 0 heterocycles. The molecule has 0 spiro atoms. The van der Waals surface area contributed by atoms with Crippen LogP contribution in [0.5, 0.6) is 0 Å². The quantitative estimate of drug-likeness (QED) is 0.859. The lowest BCUT2D eigenvalue weighted by Gasteiger charge is -2.06. The minimum atomic E-state index is -0.154. The van der Waals surface area contributed by atoms with Gasteiger partial charge in [-0.3, -0.25) is 9.63 Å². The summed E-state index contributed by atoms with van der Waals surface area (Å²) < 4.78 is 0.997. The third kappa shape index (κ3) is 4.85. The first-order chi connectivity index (χ1) is 9.24. The van der Waals surface area contributed by atoms with E-state index >= 15 is 0 Å². The summed E-state index contributed by atoms with van der Waals surface area (Å²) in [5, 5.41) is 0. The highest BCUT2D eigenvalue weighted by atomic mass is 79.9. The number of benzene rings is 2. The fourth-order valence-corrected chi connectivity index (χ4v) is 1.86. The van der Waals surface area contributed by atoms with Crippen molar-refractivity contribution >= 4 is 21.8 Å². The van der Waals surface area contributed by atoms with Gasteiger partial charge in [0.25, 0.3) is 0 Å². The molecule has 0 bridgehead atoms. The van der Waals surface area contributed by atoms with Crippen molar-refractivity contribution in [2.24, 2.45) is 0 Å². The number of carbonyl (C=O) groups excluding carboxylic acids is 1. The van der Waals surface area contributed by atoms with Crippen LogP contribution in [0.3, 0.4) is 0 Å². The third-order valence-corrected chi connectivity index (χ3v) is 3.07. The van der Waals surface area contributed by atoms with Crippen LogP contribution in [0, 0.1) is 0 Å². The number of hydrogen-bond donors (Lipinski definition) is 1. The molecule has 0 aliphatic heterocycles. The zero-order valence-corrected chi connectivity index (χ0v) is 11.9. The maximum Gasteiger partial charge on any atom is 0.247 e. The Labute approximate surface area is 120 Å². The number of hydroxylamine groups is 1. The highest BCUT2D eigenvalue weighted by Gasteiger charge is 2.03. The molecule has 19 heavy (non-hydrogen) atoms. The van der Waals surface area contributed by atoms with Gasteiger partial charge >= 0.3 is 0 Å². The molecule has 0 aliphatic carbocycles. The van der Waals surface area contributed by atoms with Crippen molar-refractivity contribution in [3.8, 4) is 0 Å². The molecule has 2 rings (SSSR count). The van der Waals surface area contributed by atoms with Crippen LogP contribution in [-0.2, 0) is 22.7 Å². The molecule has 0 saturated carbocycles. The second kappa shape index (κ2) is 7.07. The first kappa shape index (κ1) is 13.8. The van der Waals surface area contributed by atoms with Gasteiger partial charge in [0, 0.05) is 4.47 Å². The number of carbonyl (C=O) groups is 1. The summed E-state index contributed by atoms with van der Waals surface area (Å²) in [5.74, 6) is -0.154. The van der Waals surface area contributed by atoms with Crippen LogP contribution in [0.25, 0.3) is 0 Å². The standard InChI is InChI=1S/C15H14BrNO2/c16-14-8-6-12(7-9-14)10-15(18)17-19-11-13-4-2-1-3-5-13/h1-9H,10-11H2,(H,17,18). The Morgan fingerprint density at radius 3 is 2.37 bits per heavy atom. The molecular formula is C15H14BrNO2. The van der Waals surface area contributed by atoms with E-state index in [0.717, 1.165) is 15.6 Å². The second-order valence-corrected chi connectivity index (χ2v) is 5.02. The first-order valence-electron chi connectivity index (χ1n) is 5.93. The van der Waals surface area contributed by atoms with E-state index in [1.807, 2.05) is 54.6 Å². The topological polar surface area (TPSA) is 38.3 Å². The molecule has 2 aromatic rings. The number of hydrogen-bond acceptors (Lipinski definition) is 2. The van der Waals surface area contributed by atoms with Gasteiger partial charge in [-0.15, -0.1) is 0 Å². The van der Waals surface area contributed by atoms with Gasteiger partial charge in [-0.25, -0.2) is 5.48 Å². The smallest absolute Gasteiger partial charge is 0.247 e. The maximum absolute atomic E-state index is 11.6. The minimum absolute atomic E-state index is 0.154. The van der Waals surface area contributed by atoms with Gasteiger partial charge in [0.1, 0.15) is 0 Å². The lowest BCUT2D eigenvalue weighted by atomic mass is 10.1. The van der Waals surface area contributed by atoms with Crippen LogP contribution < -0.4 is 5.48 Å². The summed E-state index contributed by atoms with van der Waals surface area (Å²) in [6, 6.07) is 17.3. The van der Waals surface area contributed by atoms with Crippen LogP contribution >= 0.6 is 15.9 Å². The van der Waals surface area contributed by atoms with Gasteiger partial charge in [-0.2, -0.15) is 0 Å². The second-order valence-electron chi connectivity index (χ2n) is 4.10. The summed E-state index contributed by atoms with van der Waals surface area (Å²) in [7, 11) is 0. The van der Waals surface area contributed by atoms with Gasteiger partial charge in [-0.05, 0) is 23.3 Å². The summed E-state index contributed by atoms with van der Waals surface area (Å²) >= 11 is 3.35. The highest BCUT2D eigenvalue weighted by Crippen LogP contribution is 2.10. The largest absolute Gasteiger partial charge is 0.272 e. The number of nitrogens with one attached hydrogen (secondary N) is 1. The van der Waals surface area contributed by atoms with E-state index in [4.69, 9.17) is 4.84 Å². The van der Waals surface area contributed by atoms with E-state index in [0.29, 0.717) is 13.0 Å². The Morgan fingerprint density at radius 2 is 1.68 bits per heavy atom. The van der Waals surface area contributed by atoms with Crippen molar-refractivity contribution in [3.05, 3.63) is 70.2 Å². The van der Waals surface area contributed by atoms with Gasteiger partial charge in [0.2, 0.25) is 5.91 Å². The van der Waals surface area contributed by atoms with E-state index < -0.39 is 0 Å². The van der Waals surface area contributed by atoms with E-state index in [-0.39, 0.29) is 5.91 Å². The van der Waals surface area contributed by atoms with Gasteiger partial charge in [-0.1, -0.05) is 58.4 Å². The van der Waals surface area contributed by atoms with Crippen molar-refractivity contribution < 1.29 is 9.63 Å². The van der Waals surface area contributed by atoms with E-state index in [1.54, 1.807) is 0 Å². The molecule has 0 aliphatic rings. The summed E-state index contributed by atoms with van der Waals surface area (Å²) in [6.45, 7) is 0.368. The Balaban J connectivity index is 1.74.